The SMILES string of the molecule is Cc1nn(C)c(CC(C)(C(=O)O)C(=O)NC2CC2)c1Cl. The molecule has 0 aliphatic heterocycles. The van der Waals surface area contributed by atoms with E-state index in [-0.39, 0.29) is 12.5 Å². The minimum absolute atomic E-state index is 0.0110. The Bertz CT molecular complexity index is 565. The Kier molecular flexibility index (Phi) is 3.77. The summed E-state index contributed by atoms with van der Waals surface area (Å²) in [6.45, 7) is 3.17. The van der Waals surface area contributed by atoms with Gasteiger partial charge in [-0.25, -0.2) is 0 Å². The molecule has 1 saturated carbocycles. The number of aromatic nitrogens is 2. The molecule has 2 rings (SSSR count). The quantitative estimate of drug-likeness (QED) is 0.803. The van der Waals surface area contributed by atoms with Gasteiger partial charge in [0.1, 0.15) is 5.41 Å². The van der Waals surface area contributed by atoms with Crippen LogP contribution in [0.15, 0.2) is 0 Å². The number of amides is 1. The second-order valence-electron chi connectivity index (χ2n) is 5.53. The van der Waals surface area contributed by atoms with Gasteiger partial charge in [-0.05, 0) is 26.7 Å². The molecule has 1 unspecified atom stereocenters. The monoisotopic (exact) mass is 299 g/mol. The van der Waals surface area contributed by atoms with Gasteiger partial charge in [-0.1, -0.05) is 11.6 Å². The zero-order valence-corrected chi connectivity index (χ0v) is 12.5. The summed E-state index contributed by atoms with van der Waals surface area (Å²) in [5.74, 6) is -1.63. The first-order valence-corrected chi connectivity index (χ1v) is 6.86. The van der Waals surface area contributed by atoms with Crippen molar-refractivity contribution < 1.29 is 14.7 Å². The molecule has 1 aromatic rings. The van der Waals surface area contributed by atoms with E-state index < -0.39 is 17.3 Å². The average Bonchev–Trinajstić information content (AvgIpc) is 3.13. The van der Waals surface area contributed by atoms with Crippen LogP contribution in [0.25, 0.3) is 0 Å². The number of rotatable bonds is 5. The van der Waals surface area contributed by atoms with Crippen LogP contribution < -0.4 is 5.32 Å². The van der Waals surface area contributed by atoms with Gasteiger partial charge in [0, 0.05) is 19.5 Å². The minimum atomic E-state index is -1.55. The van der Waals surface area contributed by atoms with Gasteiger partial charge in [0.15, 0.2) is 0 Å². The number of carboxylic acids is 1. The summed E-state index contributed by atoms with van der Waals surface area (Å²) in [6, 6.07) is 0.116. The molecule has 6 nitrogen and oxygen atoms in total. The molecular formula is C13H18ClN3O3. The van der Waals surface area contributed by atoms with Gasteiger partial charge in [-0.15, -0.1) is 0 Å². The van der Waals surface area contributed by atoms with Crippen LogP contribution in [0.5, 0.6) is 0 Å². The Balaban J connectivity index is 2.28. The number of aryl methyl sites for hydroxylation is 2. The van der Waals surface area contributed by atoms with Crippen LogP contribution in [0, 0.1) is 12.3 Å². The summed E-state index contributed by atoms with van der Waals surface area (Å²) in [4.78, 5) is 23.8. The lowest BCUT2D eigenvalue weighted by Gasteiger charge is -2.24. The van der Waals surface area contributed by atoms with E-state index in [0.717, 1.165) is 12.8 Å². The van der Waals surface area contributed by atoms with Crippen LogP contribution in [-0.2, 0) is 23.1 Å². The molecule has 1 heterocycles. The molecular weight excluding hydrogens is 282 g/mol. The van der Waals surface area contributed by atoms with Crippen molar-refractivity contribution in [1.82, 2.24) is 15.1 Å². The van der Waals surface area contributed by atoms with E-state index in [4.69, 9.17) is 11.6 Å². The number of carbonyl (C=O) groups excluding carboxylic acids is 1. The van der Waals surface area contributed by atoms with E-state index in [0.29, 0.717) is 16.4 Å². The first-order valence-electron chi connectivity index (χ1n) is 6.48. The molecule has 1 fully saturated rings. The molecule has 7 heteroatoms. The van der Waals surface area contributed by atoms with E-state index >= 15 is 0 Å². The third-order valence-corrected chi connectivity index (χ3v) is 4.16. The van der Waals surface area contributed by atoms with Gasteiger partial charge in [0.05, 0.1) is 16.4 Å². The maximum absolute atomic E-state index is 12.2. The van der Waals surface area contributed by atoms with Gasteiger partial charge in [0.2, 0.25) is 5.91 Å². The molecule has 0 aromatic carbocycles. The summed E-state index contributed by atoms with van der Waals surface area (Å²) in [7, 11) is 1.69. The Morgan fingerprint density at radius 2 is 2.15 bits per heavy atom. The molecule has 1 aliphatic rings. The summed E-state index contributed by atoms with van der Waals surface area (Å²) in [6.07, 6.45) is 1.83. The van der Waals surface area contributed by atoms with E-state index in [2.05, 4.69) is 10.4 Å². The number of carbonyl (C=O) groups is 2. The Labute approximate surface area is 122 Å². The van der Waals surface area contributed by atoms with Crippen molar-refractivity contribution in [2.24, 2.45) is 12.5 Å². The van der Waals surface area contributed by atoms with Gasteiger partial charge < -0.3 is 10.4 Å². The maximum atomic E-state index is 12.2. The predicted octanol–water partition coefficient (Wildman–Crippen LogP) is 1.29. The summed E-state index contributed by atoms with van der Waals surface area (Å²) in [5, 5.41) is 16.8. The van der Waals surface area contributed by atoms with Crippen LogP contribution in [-0.4, -0.2) is 32.8 Å². The van der Waals surface area contributed by atoms with Gasteiger partial charge in [0.25, 0.3) is 0 Å². The second kappa shape index (κ2) is 5.09. The normalized spacial score (nSPS) is 17.6. The van der Waals surface area contributed by atoms with Crippen LogP contribution in [0.2, 0.25) is 5.02 Å². The number of hydrogen-bond acceptors (Lipinski definition) is 3. The van der Waals surface area contributed by atoms with E-state index in [1.54, 1.807) is 14.0 Å². The Morgan fingerprint density at radius 1 is 1.55 bits per heavy atom. The van der Waals surface area contributed by atoms with Crippen LogP contribution in [0.4, 0.5) is 0 Å². The highest BCUT2D eigenvalue weighted by atomic mass is 35.5. The van der Waals surface area contributed by atoms with Crippen molar-refractivity contribution in [3.63, 3.8) is 0 Å². The van der Waals surface area contributed by atoms with Gasteiger partial charge >= 0.3 is 5.97 Å². The first kappa shape index (κ1) is 14.8. The molecule has 110 valence electrons. The molecule has 0 spiro atoms. The maximum Gasteiger partial charge on any atom is 0.319 e. The predicted molar refractivity (Wildman–Crippen MR) is 73.6 cm³/mol. The number of aliphatic carboxylic acids is 1. The van der Waals surface area contributed by atoms with Crippen molar-refractivity contribution in [3.05, 3.63) is 16.4 Å². The Morgan fingerprint density at radius 3 is 2.55 bits per heavy atom. The lowest BCUT2D eigenvalue weighted by Crippen LogP contribution is -2.47. The molecule has 1 atom stereocenters. The average molecular weight is 300 g/mol. The highest BCUT2D eigenvalue weighted by Crippen LogP contribution is 2.30. The lowest BCUT2D eigenvalue weighted by atomic mass is 9.84. The van der Waals surface area contributed by atoms with Gasteiger partial charge in [-0.2, -0.15) is 5.10 Å². The van der Waals surface area contributed by atoms with Crippen molar-refractivity contribution in [2.75, 3.05) is 0 Å². The lowest BCUT2D eigenvalue weighted by molar-refractivity contribution is -0.154. The molecule has 0 radical (unpaired) electrons. The van der Waals surface area contributed by atoms with Crippen LogP contribution >= 0.6 is 11.6 Å². The number of nitrogens with zero attached hydrogens (tertiary/aromatic N) is 2. The highest BCUT2D eigenvalue weighted by molar-refractivity contribution is 6.32. The van der Waals surface area contributed by atoms with Crippen molar-refractivity contribution >= 4 is 23.5 Å². The van der Waals surface area contributed by atoms with Crippen molar-refractivity contribution in [3.8, 4) is 0 Å². The minimum Gasteiger partial charge on any atom is -0.480 e. The molecule has 2 N–H and O–H groups in total. The Hall–Kier alpha value is -1.56. The van der Waals surface area contributed by atoms with Crippen molar-refractivity contribution in [2.45, 2.75) is 39.2 Å². The third kappa shape index (κ3) is 2.65. The third-order valence-electron chi connectivity index (χ3n) is 3.67. The number of nitrogens with one attached hydrogen (secondary N) is 1. The zero-order chi connectivity index (χ0) is 15.1. The summed E-state index contributed by atoms with van der Waals surface area (Å²) < 4.78 is 1.53. The standard InChI is InChI=1S/C13H18ClN3O3/c1-7-10(14)9(17(3)16-7)6-13(2,12(19)20)11(18)15-8-4-5-8/h8H,4-6H2,1-3H3,(H,15,18)(H,19,20). The fourth-order valence-electron chi connectivity index (χ4n) is 2.03. The summed E-state index contributed by atoms with van der Waals surface area (Å²) in [5.41, 5.74) is -0.369. The highest BCUT2D eigenvalue weighted by Gasteiger charge is 2.44. The van der Waals surface area contributed by atoms with E-state index in [1.807, 2.05) is 0 Å². The molecule has 1 amide bonds. The number of halogens is 1. The molecule has 1 aliphatic carbocycles. The van der Waals surface area contributed by atoms with Crippen LogP contribution in [0.3, 0.4) is 0 Å². The smallest absolute Gasteiger partial charge is 0.319 e. The molecule has 0 bridgehead atoms. The van der Waals surface area contributed by atoms with Gasteiger partial charge in [-0.3, -0.25) is 14.3 Å². The number of carboxylic acid groups (broad SMARTS) is 1. The second-order valence-corrected chi connectivity index (χ2v) is 5.91. The van der Waals surface area contributed by atoms with Crippen LogP contribution in [0.1, 0.15) is 31.2 Å². The van der Waals surface area contributed by atoms with E-state index in [1.165, 1.54) is 11.6 Å². The fraction of sp³-hybridized carbons (Fsp3) is 0.615. The topological polar surface area (TPSA) is 84.2 Å². The molecule has 20 heavy (non-hydrogen) atoms. The largest absolute Gasteiger partial charge is 0.480 e. The van der Waals surface area contributed by atoms with E-state index in [9.17, 15) is 14.7 Å². The molecule has 1 aromatic heterocycles. The first-order chi connectivity index (χ1) is 9.25. The fourth-order valence-corrected chi connectivity index (χ4v) is 2.26. The number of hydrogen-bond donors (Lipinski definition) is 2. The van der Waals surface area contributed by atoms with Crippen molar-refractivity contribution in [1.29, 1.82) is 0 Å². The summed E-state index contributed by atoms with van der Waals surface area (Å²) >= 11 is 6.14. The zero-order valence-electron chi connectivity index (χ0n) is 11.7. The molecule has 0 saturated heterocycles.